The van der Waals surface area contributed by atoms with Crippen molar-refractivity contribution in [2.24, 2.45) is 0 Å². The van der Waals surface area contributed by atoms with Gasteiger partial charge in [-0.3, -0.25) is 9.59 Å². The van der Waals surface area contributed by atoms with Gasteiger partial charge in [-0.15, -0.1) is 11.3 Å². The number of hydrogen-bond acceptors (Lipinski definition) is 4. The van der Waals surface area contributed by atoms with Crippen LogP contribution in [-0.2, 0) is 30.4 Å². The standard InChI is InChI=1S/C17H13ClF3N3O2S/c18-12-5-9(17(19,20)21)7-24(16(12)26)8-14(25)23-15-11(6-22)10-3-1-2-4-13(10)27-15/h5,7H,1-4,8H2,(H,23,25). The second-order valence-electron chi connectivity index (χ2n) is 6.08. The van der Waals surface area contributed by atoms with Crippen molar-refractivity contribution in [3.63, 3.8) is 0 Å². The summed E-state index contributed by atoms with van der Waals surface area (Å²) in [6.07, 6.45) is -0.594. The van der Waals surface area contributed by atoms with E-state index in [1.165, 1.54) is 11.3 Å². The fourth-order valence-corrected chi connectivity index (χ4v) is 4.45. The topological polar surface area (TPSA) is 74.9 Å². The van der Waals surface area contributed by atoms with Crippen LogP contribution in [0.5, 0.6) is 0 Å². The molecule has 27 heavy (non-hydrogen) atoms. The molecule has 1 aliphatic carbocycles. The Morgan fingerprint density at radius 3 is 2.74 bits per heavy atom. The monoisotopic (exact) mass is 415 g/mol. The summed E-state index contributed by atoms with van der Waals surface area (Å²) in [4.78, 5) is 25.3. The van der Waals surface area contributed by atoms with E-state index in [0.717, 1.165) is 36.1 Å². The molecule has 2 aromatic heterocycles. The van der Waals surface area contributed by atoms with Crippen LogP contribution in [0.3, 0.4) is 0 Å². The quantitative estimate of drug-likeness (QED) is 0.824. The molecule has 0 aromatic carbocycles. The molecule has 142 valence electrons. The van der Waals surface area contributed by atoms with Crippen LogP contribution in [0.1, 0.15) is 34.4 Å². The Morgan fingerprint density at radius 1 is 1.37 bits per heavy atom. The Morgan fingerprint density at radius 2 is 2.07 bits per heavy atom. The van der Waals surface area contributed by atoms with Crippen molar-refractivity contribution in [3.05, 3.63) is 49.2 Å². The van der Waals surface area contributed by atoms with Crippen LogP contribution in [0.15, 0.2) is 17.1 Å². The zero-order valence-corrected chi connectivity index (χ0v) is 15.4. The van der Waals surface area contributed by atoms with E-state index in [2.05, 4.69) is 11.4 Å². The number of halogens is 4. The van der Waals surface area contributed by atoms with Gasteiger partial charge in [-0.1, -0.05) is 11.6 Å². The maximum absolute atomic E-state index is 12.9. The maximum atomic E-state index is 12.9. The molecule has 2 heterocycles. The number of aromatic nitrogens is 1. The van der Waals surface area contributed by atoms with Crippen LogP contribution in [0, 0.1) is 11.3 Å². The number of fused-ring (bicyclic) bond motifs is 1. The summed E-state index contributed by atoms with van der Waals surface area (Å²) in [7, 11) is 0. The summed E-state index contributed by atoms with van der Waals surface area (Å²) in [6.45, 7) is -0.643. The molecular weight excluding hydrogens is 403 g/mol. The van der Waals surface area contributed by atoms with Crippen molar-refractivity contribution in [1.82, 2.24) is 4.57 Å². The van der Waals surface area contributed by atoms with Crippen LogP contribution in [0.25, 0.3) is 0 Å². The van der Waals surface area contributed by atoms with Crippen molar-refractivity contribution < 1.29 is 18.0 Å². The first-order valence-electron chi connectivity index (χ1n) is 8.02. The number of anilines is 1. The fraction of sp³-hybridized carbons (Fsp3) is 0.353. The summed E-state index contributed by atoms with van der Waals surface area (Å²) < 4.78 is 39.3. The summed E-state index contributed by atoms with van der Waals surface area (Å²) in [5, 5.41) is 11.7. The van der Waals surface area contributed by atoms with Gasteiger partial charge in [0.1, 0.15) is 22.6 Å². The van der Waals surface area contributed by atoms with Gasteiger partial charge < -0.3 is 9.88 Å². The molecule has 5 nitrogen and oxygen atoms in total. The highest BCUT2D eigenvalue weighted by molar-refractivity contribution is 7.16. The molecular formula is C17H13ClF3N3O2S. The Balaban J connectivity index is 1.85. The summed E-state index contributed by atoms with van der Waals surface area (Å²) >= 11 is 6.87. The molecule has 10 heteroatoms. The van der Waals surface area contributed by atoms with Crippen molar-refractivity contribution in [2.75, 3.05) is 5.32 Å². The zero-order valence-electron chi connectivity index (χ0n) is 13.8. The minimum absolute atomic E-state index is 0.362. The maximum Gasteiger partial charge on any atom is 0.417 e. The van der Waals surface area contributed by atoms with Crippen molar-refractivity contribution in [3.8, 4) is 6.07 Å². The van der Waals surface area contributed by atoms with Gasteiger partial charge in [0.25, 0.3) is 5.56 Å². The number of nitriles is 1. The first-order chi connectivity index (χ1) is 12.7. The molecule has 1 amide bonds. The van der Waals surface area contributed by atoms with Crippen LogP contribution in [-0.4, -0.2) is 10.5 Å². The highest BCUT2D eigenvalue weighted by atomic mass is 35.5. The Labute approximate surface area is 161 Å². The van der Waals surface area contributed by atoms with E-state index in [4.69, 9.17) is 11.6 Å². The third-order valence-electron chi connectivity index (χ3n) is 4.22. The molecule has 0 aliphatic heterocycles. The molecule has 1 aliphatic rings. The average Bonchev–Trinajstić information content (AvgIpc) is 2.94. The van der Waals surface area contributed by atoms with Crippen LogP contribution in [0.2, 0.25) is 5.02 Å². The van der Waals surface area contributed by atoms with E-state index < -0.39 is 34.8 Å². The predicted octanol–water partition coefficient (Wildman–Crippen LogP) is 3.97. The molecule has 0 spiro atoms. The van der Waals surface area contributed by atoms with Gasteiger partial charge in [-0.05, 0) is 37.3 Å². The lowest BCUT2D eigenvalue weighted by Crippen LogP contribution is -2.29. The number of thiophene rings is 1. The minimum atomic E-state index is -4.70. The van der Waals surface area contributed by atoms with Gasteiger partial charge in [0.2, 0.25) is 5.91 Å². The van der Waals surface area contributed by atoms with E-state index in [0.29, 0.717) is 27.4 Å². The van der Waals surface area contributed by atoms with Gasteiger partial charge in [0.15, 0.2) is 0 Å². The van der Waals surface area contributed by atoms with E-state index in [1.54, 1.807) is 0 Å². The predicted molar refractivity (Wildman–Crippen MR) is 95.0 cm³/mol. The van der Waals surface area contributed by atoms with Gasteiger partial charge in [0.05, 0.1) is 11.1 Å². The Bertz CT molecular complexity index is 1000. The largest absolute Gasteiger partial charge is 0.417 e. The van der Waals surface area contributed by atoms with Gasteiger partial charge in [0, 0.05) is 11.1 Å². The number of rotatable bonds is 3. The number of alkyl halides is 3. The van der Waals surface area contributed by atoms with Gasteiger partial charge in [-0.2, -0.15) is 18.4 Å². The smallest absolute Gasteiger partial charge is 0.315 e. The summed E-state index contributed by atoms with van der Waals surface area (Å²) in [5.74, 6) is -0.706. The van der Waals surface area contributed by atoms with Crippen molar-refractivity contribution in [1.29, 1.82) is 5.26 Å². The van der Waals surface area contributed by atoms with Crippen LogP contribution >= 0.6 is 22.9 Å². The second-order valence-corrected chi connectivity index (χ2v) is 7.59. The molecule has 0 bridgehead atoms. The number of aryl methyl sites for hydroxylation is 1. The minimum Gasteiger partial charge on any atom is -0.315 e. The third kappa shape index (κ3) is 4.01. The third-order valence-corrected chi connectivity index (χ3v) is 5.70. The Kier molecular flexibility index (Phi) is 5.31. The number of carbonyl (C=O) groups is 1. The molecule has 0 fully saturated rings. The summed E-state index contributed by atoms with van der Waals surface area (Å²) in [5.41, 5.74) is -0.712. The summed E-state index contributed by atoms with van der Waals surface area (Å²) in [6, 6.07) is 2.61. The molecule has 0 atom stereocenters. The van der Waals surface area contributed by atoms with Crippen LogP contribution in [0.4, 0.5) is 18.2 Å². The van der Waals surface area contributed by atoms with Crippen molar-refractivity contribution in [2.45, 2.75) is 38.4 Å². The SMILES string of the molecule is N#Cc1c(NC(=O)Cn2cc(C(F)(F)F)cc(Cl)c2=O)sc2c1CCCC2. The normalized spacial score (nSPS) is 13.7. The number of pyridine rings is 1. The van der Waals surface area contributed by atoms with E-state index in [9.17, 15) is 28.0 Å². The molecule has 2 aromatic rings. The molecule has 0 unspecified atom stereocenters. The van der Waals surface area contributed by atoms with Gasteiger partial charge >= 0.3 is 6.18 Å². The highest BCUT2D eigenvalue weighted by Gasteiger charge is 2.32. The number of amides is 1. The lowest BCUT2D eigenvalue weighted by Gasteiger charge is -2.11. The van der Waals surface area contributed by atoms with Crippen molar-refractivity contribution >= 4 is 33.8 Å². The lowest BCUT2D eigenvalue weighted by molar-refractivity contribution is -0.138. The lowest BCUT2D eigenvalue weighted by atomic mass is 9.96. The molecule has 0 saturated heterocycles. The number of nitrogens with zero attached hydrogens (tertiary/aromatic N) is 2. The first kappa shape index (κ1) is 19.5. The first-order valence-corrected chi connectivity index (χ1v) is 9.22. The van der Waals surface area contributed by atoms with Crippen LogP contribution < -0.4 is 10.9 Å². The van der Waals surface area contributed by atoms with E-state index in [-0.39, 0.29) is 0 Å². The Hall–Kier alpha value is -2.31. The number of hydrogen-bond donors (Lipinski definition) is 1. The molecule has 0 saturated carbocycles. The number of nitrogens with one attached hydrogen (secondary N) is 1. The van der Waals surface area contributed by atoms with E-state index in [1.807, 2.05) is 0 Å². The molecule has 3 rings (SSSR count). The highest BCUT2D eigenvalue weighted by Crippen LogP contribution is 2.37. The number of carbonyl (C=O) groups excluding carboxylic acids is 1. The molecule has 0 radical (unpaired) electrons. The zero-order chi connectivity index (χ0) is 19.8. The van der Waals surface area contributed by atoms with E-state index >= 15 is 0 Å². The fourth-order valence-electron chi connectivity index (χ4n) is 2.96. The molecule has 1 N–H and O–H groups in total. The average molecular weight is 416 g/mol. The second kappa shape index (κ2) is 7.37. The van der Waals surface area contributed by atoms with Gasteiger partial charge in [-0.25, -0.2) is 0 Å².